The first kappa shape index (κ1) is 12.0. The molecule has 0 spiro atoms. The van der Waals surface area contributed by atoms with Crippen LogP contribution in [0.25, 0.3) is 0 Å². The molecule has 0 unspecified atom stereocenters. The number of allylic oxidation sites excluding steroid dienone is 1. The molecule has 0 aromatic carbocycles. The van der Waals surface area contributed by atoms with Crippen molar-refractivity contribution in [1.29, 1.82) is 0 Å². The standard InChI is InChI=1S/C11H17FO3/c1-3-15-8(2)9-4-6-11(12,7-5-9)10(13)14/h9H,2-7H2,1H3,(H,13,14). The maximum absolute atomic E-state index is 13.6. The molecule has 86 valence electrons. The summed E-state index contributed by atoms with van der Waals surface area (Å²) in [6.07, 6.45) is 1.11. The van der Waals surface area contributed by atoms with Crippen LogP contribution in [0.2, 0.25) is 0 Å². The first-order valence-electron chi connectivity index (χ1n) is 5.23. The molecule has 0 heterocycles. The summed E-state index contributed by atoms with van der Waals surface area (Å²) in [5.74, 6) is -0.582. The van der Waals surface area contributed by atoms with Gasteiger partial charge in [0.05, 0.1) is 12.4 Å². The van der Waals surface area contributed by atoms with E-state index in [1.54, 1.807) is 0 Å². The van der Waals surface area contributed by atoms with Crippen molar-refractivity contribution in [2.24, 2.45) is 5.92 Å². The van der Waals surface area contributed by atoms with Gasteiger partial charge in [0, 0.05) is 5.92 Å². The topological polar surface area (TPSA) is 46.5 Å². The molecule has 15 heavy (non-hydrogen) atoms. The van der Waals surface area contributed by atoms with Crippen LogP contribution in [0.5, 0.6) is 0 Å². The van der Waals surface area contributed by atoms with Crippen LogP contribution in [-0.2, 0) is 9.53 Å². The van der Waals surface area contributed by atoms with Crippen LogP contribution in [-0.4, -0.2) is 23.4 Å². The molecular weight excluding hydrogens is 199 g/mol. The largest absolute Gasteiger partial charge is 0.499 e. The molecule has 1 fully saturated rings. The second-order valence-electron chi connectivity index (χ2n) is 3.94. The van der Waals surface area contributed by atoms with E-state index in [0.29, 0.717) is 25.2 Å². The van der Waals surface area contributed by atoms with Gasteiger partial charge in [-0.15, -0.1) is 0 Å². The lowest BCUT2D eigenvalue weighted by Gasteiger charge is -2.31. The minimum atomic E-state index is -2.04. The molecule has 1 rings (SSSR count). The van der Waals surface area contributed by atoms with Crippen molar-refractivity contribution in [3.8, 4) is 0 Å². The first-order chi connectivity index (χ1) is 6.99. The summed E-state index contributed by atoms with van der Waals surface area (Å²) in [6, 6.07) is 0. The molecular formula is C11H17FO3. The van der Waals surface area contributed by atoms with Gasteiger partial charge in [-0.25, -0.2) is 9.18 Å². The van der Waals surface area contributed by atoms with Crippen LogP contribution in [0.15, 0.2) is 12.3 Å². The fraction of sp³-hybridized carbons (Fsp3) is 0.727. The van der Waals surface area contributed by atoms with Gasteiger partial charge < -0.3 is 9.84 Å². The average molecular weight is 216 g/mol. The van der Waals surface area contributed by atoms with Crippen LogP contribution in [0.3, 0.4) is 0 Å². The minimum Gasteiger partial charge on any atom is -0.499 e. The summed E-state index contributed by atoms with van der Waals surface area (Å²) in [5.41, 5.74) is -2.04. The minimum absolute atomic E-state index is 0.0547. The van der Waals surface area contributed by atoms with Gasteiger partial charge in [0.25, 0.3) is 0 Å². The van der Waals surface area contributed by atoms with Crippen molar-refractivity contribution < 1.29 is 19.0 Å². The third-order valence-corrected chi connectivity index (χ3v) is 2.95. The third-order valence-electron chi connectivity index (χ3n) is 2.95. The highest BCUT2D eigenvalue weighted by Crippen LogP contribution is 2.38. The molecule has 0 radical (unpaired) electrons. The zero-order valence-corrected chi connectivity index (χ0v) is 8.96. The molecule has 1 aliphatic rings. The number of alkyl halides is 1. The van der Waals surface area contributed by atoms with Crippen molar-refractivity contribution in [2.45, 2.75) is 38.3 Å². The Bertz CT molecular complexity index is 255. The lowest BCUT2D eigenvalue weighted by molar-refractivity contribution is -0.153. The highest BCUT2D eigenvalue weighted by atomic mass is 19.1. The Balaban J connectivity index is 2.49. The van der Waals surface area contributed by atoms with Crippen LogP contribution in [0.1, 0.15) is 32.6 Å². The third kappa shape index (κ3) is 2.70. The fourth-order valence-electron chi connectivity index (χ4n) is 1.91. The molecule has 0 aliphatic heterocycles. The zero-order valence-electron chi connectivity index (χ0n) is 8.96. The van der Waals surface area contributed by atoms with Gasteiger partial charge in [0.2, 0.25) is 5.67 Å². The molecule has 0 aromatic heterocycles. The maximum atomic E-state index is 13.6. The lowest BCUT2D eigenvalue weighted by atomic mass is 9.79. The van der Waals surface area contributed by atoms with Crippen molar-refractivity contribution in [1.82, 2.24) is 0 Å². The molecule has 0 amide bonds. The average Bonchev–Trinajstić information content (AvgIpc) is 2.19. The van der Waals surface area contributed by atoms with Gasteiger partial charge in [-0.1, -0.05) is 6.58 Å². The van der Waals surface area contributed by atoms with E-state index in [0.717, 1.165) is 0 Å². The Morgan fingerprint density at radius 1 is 1.60 bits per heavy atom. The Labute approximate surface area is 88.9 Å². The van der Waals surface area contributed by atoms with Gasteiger partial charge in [-0.05, 0) is 32.6 Å². The summed E-state index contributed by atoms with van der Waals surface area (Å²) in [5, 5.41) is 8.70. The van der Waals surface area contributed by atoms with E-state index in [1.165, 1.54) is 0 Å². The zero-order chi connectivity index (χ0) is 11.5. The van der Waals surface area contributed by atoms with Gasteiger partial charge in [-0.2, -0.15) is 0 Å². The molecule has 0 aromatic rings. The van der Waals surface area contributed by atoms with E-state index in [1.807, 2.05) is 6.92 Å². The Hall–Kier alpha value is -1.06. The number of carbonyl (C=O) groups is 1. The molecule has 1 N–H and O–H groups in total. The summed E-state index contributed by atoms with van der Waals surface area (Å²) in [6.45, 7) is 6.19. The number of carboxylic acid groups (broad SMARTS) is 1. The number of aliphatic carboxylic acids is 1. The Kier molecular flexibility index (Phi) is 3.72. The normalized spacial score (nSPS) is 30.9. The van der Waals surface area contributed by atoms with Crippen molar-refractivity contribution in [2.75, 3.05) is 6.61 Å². The van der Waals surface area contributed by atoms with Gasteiger partial charge >= 0.3 is 5.97 Å². The van der Waals surface area contributed by atoms with E-state index < -0.39 is 11.6 Å². The maximum Gasteiger partial charge on any atom is 0.341 e. The highest BCUT2D eigenvalue weighted by Gasteiger charge is 2.42. The number of rotatable bonds is 4. The summed E-state index contributed by atoms with van der Waals surface area (Å²) >= 11 is 0. The van der Waals surface area contributed by atoms with Crippen molar-refractivity contribution in [3.63, 3.8) is 0 Å². The second-order valence-corrected chi connectivity index (χ2v) is 3.94. The predicted octanol–water partition coefficient (Wildman–Crippen LogP) is 2.52. The highest BCUT2D eigenvalue weighted by molar-refractivity contribution is 5.77. The molecule has 1 aliphatic carbocycles. The molecule has 0 bridgehead atoms. The van der Waals surface area contributed by atoms with Crippen LogP contribution < -0.4 is 0 Å². The fourth-order valence-corrected chi connectivity index (χ4v) is 1.91. The SMILES string of the molecule is C=C(OCC)C1CCC(F)(C(=O)O)CC1. The van der Waals surface area contributed by atoms with Crippen molar-refractivity contribution in [3.05, 3.63) is 12.3 Å². The molecule has 4 heteroatoms. The Morgan fingerprint density at radius 3 is 2.53 bits per heavy atom. The predicted molar refractivity (Wildman–Crippen MR) is 54.2 cm³/mol. The van der Waals surface area contributed by atoms with E-state index >= 15 is 0 Å². The van der Waals surface area contributed by atoms with Crippen molar-refractivity contribution >= 4 is 5.97 Å². The Morgan fingerprint density at radius 2 is 2.13 bits per heavy atom. The number of carboxylic acids is 1. The van der Waals surface area contributed by atoms with E-state index in [4.69, 9.17) is 9.84 Å². The number of ether oxygens (including phenoxy) is 1. The summed E-state index contributed by atoms with van der Waals surface area (Å²) < 4.78 is 18.9. The molecule has 0 atom stereocenters. The number of halogens is 1. The number of hydrogen-bond acceptors (Lipinski definition) is 2. The quantitative estimate of drug-likeness (QED) is 0.734. The van der Waals surface area contributed by atoms with Gasteiger partial charge in [-0.3, -0.25) is 0 Å². The van der Waals surface area contributed by atoms with Crippen LogP contribution in [0.4, 0.5) is 4.39 Å². The van der Waals surface area contributed by atoms with E-state index in [-0.39, 0.29) is 18.8 Å². The molecule has 1 saturated carbocycles. The van der Waals surface area contributed by atoms with E-state index in [2.05, 4.69) is 6.58 Å². The summed E-state index contributed by atoms with van der Waals surface area (Å²) in [4.78, 5) is 10.6. The van der Waals surface area contributed by atoms with Crippen LogP contribution >= 0.6 is 0 Å². The monoisotopic (exact) mass is 216 g/mol. The second kappa shape index (κ2) is 4.64. The van der Waals surface area contributed by atoms with Gasteiger partial charge in [0.15, 0.2) is 0 Å². The summed E-state index contributed by atoms with van der Waals surface area (Å²) in [7, 11) is 0. The molecule has 0 saturated heterocycles. The van der Waals surface area contributed by atoms with E-state index in [9.17, 15) is 9.18 Å². The first-order valence-corrected chi connectivity index (χ1v) is 5.23. The smallest absolute Gasteiger partial charge is 0.341 e. The molecule has 3 nitrogen and oxygen atoms in total. The van der Waals surface area contributed by atoms with Gasteiger partial charge in [0.1, 0.15) is 0 Å². The van der Waals surface area contributed by atoms with Crippen LogP contribution in [0, 0.1) is 5.92 Å². The lowest BCUT2D eigenvalue weighted by Crippen LogP contribution is -2.38. The number of hydrogen-bond donors (Lipinski definition) is 1.